The summed E-state index contributed by atoms with van der Waals surface area (Å²) >= 11 is 32.7. The predicted octanol–water partition coefficient (Wildman–Crippen LogP) is -7.30. The molecule has 0 saturated heterocycles. The predicted molar refractivity (Wildman–Crippen MR) is 190 cm³/mol. The van der Waals surface area contributed by atoms with Gasteiger partial charge in [-0.1, -0.05) is 0 Å². The van der Waals surface area contributed by atoms with Gasteiger partial charge >= 0.3 is 0 Å². The normalized spacial score (nSPS) is 5.05. The van der Waals surface area contributed by atoms with Gasteiger partial charge in [-0.3, -0.25) is 0 Å². The van der Waals surface area contributed by atoms with Gasteiger partial charge in [0.1, 0.15) is 0 Å². The molecule has 0 aromatic heterocycles. The second kappa shape index (κ2) is 83.4. The van der Waals surface area contributed by atoms with Crippen LogP contribution in [0.5, 0.6) is 0 Å². The third kappa shape index (κ3) is 45900. The molecule has 0 aliphatic rings. The molecule has 18 nitrogen and oxygen atoms in total. The van der Waals surface area contributed by atoms with Crippen molar-refractivity contribution in [2.75, 3.05) is 0 Å². The second-order valence-corrected chi connectivity index (χ2v) is 6.99. The van der Waals surface area contributed by atoms with Crippen molar-refractivity contribution in [1.29, 1.82) is 0 Å². The fraction of sp³-hybridized carbons (Fsp3) is 0. The van der Waals surface area contributed by atoms with Crippen LogP contribution < -0.4 is 91.7 Å². The minimum Gasteiger partial charge on any atom is -0.412 e. The molecule has 0 saturated carbocycles. The van der Waals surface area contributed by atoms with E-state index in [4.69, 9.17) is 0 Å². The maximum atomic E-state index is 4.62. The van der Waals surface area contributed by atoms with Gasteiger partial charge in [-0.2, -0.15) is 0 Å². The summed E-state index contributed by atoms with van der Waals surface area (Å²) in [6.45, 7) is 0. The average molecular weight is 845 g/mol. The SMILES string of the molecule is Cl.Cl.NC(N)=S.NC(N)=S.NC(N)=S.NC(N)=S.NC(N)=S.NC(N)=S.NC(N)=S.NC(N)=S.O.O.[Cu].[Cu]. The van der Waals surface area contributed by atoms with Crippen LogP contribution in [0.25, 0.3) is 0 Å². The van der Waals surface area contributed by atoms with Crippen LogP contribution in [0.3, 0.4) is 0 Å². The summed E-state index contributed by atoms with van der Waals surface area (Å²) in [6, 6.07) is 0. The maximum absolute atomic E-state index is 4.62. The number of hydrogen-bond acceptors (Lipinski definition) is 8. The summed E-state index contributed by atoms with van der Waals surface area (Å²) in [7, 11) is 0. The molecular weight excluding hydrogens is 807 g/mol. The first kappa shape index (κ1) is 90.6. The summed E-state index contributed by atoms with van der Waals surface area (Å²) in [4.78, 5) is 0. The molecule has 0 atom stereocenters. The van der Waals surface area contributed by atoms with Crippen LogP contribution >= 0.6 is 123 Å². The minimum atomic E-state index is 0. The summed E-state index contributed by atoms with van der Waals surface area (Å²) in [5.41, 5.74) is 73.9. The number of hydrogen-bond donors (Lipinski definition) is 16. The Labute approximate surface area is 297 Å². The summed E-state index contributed by atoms with van der Waals surface area (Å²) in [5, 5.41) is 0.00000000000000178. The van der Waals surface area contributed by atoms with Gasteiger partial charge in [0.25, 0.3) is 0 Å². The Kier molecular flexibility index (Phi) is 199. The van der Waals surface area contributed by atoms with Gasteiger partial charge in [0, 0.05) is 34.1 Å². The molecule has 0 aliphatic heterocycles. The molecule has 0 unspecified atom stereocenters. The van der Waals surface area contributed by atoms with E-state index in [-0.39, 0.29) is 111 Å². The zero-order valence-corrected chi connectivity index (χ0v) is 29.0. The van der Waals surface area contributed by atoms with Crippen LogP contribution in [0.2, 0.25) is 0 Å². The van der Waals surface area contributed by atoms with Gasteiger partial charge in [0.05, 0.1) is 0 Å². The van der Waals surface area contributed by atoms with E-state index >= 15 is 0 Å². The van der Waals surface area contributed by atoms with Gasteiger partial charge in [-0.25, -0.2) is 0 Å². The topological polar surface area (TPSA) is 479 Å². The molecular formula is C8H38Cl2Cu2N16O2S8. The van der Waals surface area contributed by atoms with Crippen molar-refractivity contribution in [3.63, 3.8) is 0 Å². The van der Waals surface area contributed by atoms with Crippen molar-refractivity contribution in [3.05, 3.63) is 0 Å². The summed E-state index contributed by atoms with van der Waals surface area (Å²) < 4.78 is 0. The Bertz CT molecular complexity index is 410. The van der Waals surface area contributed by atoms with Crippen LogP contribution in [0.1, 0.15) is 0 Å². The summed E-state index contributed by atoms with van der Waals surface area (Å²) in [5.74, 6) is 0. The van der Waals surface area contributed by atoms with Crippen molar-refractivity contribution in [1.82, 2.24) is 0 Å². The molecule has 0 spiro atoms. The number of thiocarbonyl (C=S) groups is 8. The average Bonchev–Trinajstić information content (AvgIpc) is 2.30. The molecule has 38 heavy (non-hydrogen) atoms. The smallest absolute Gasteiger partial charge is 0.160 e. The zero-order chi connectivity index (χ0) is 28.6. The third-order valence-corrected chi connectivity index (χ3v) is 0. The Morgan fingerprint density at radius 2 is 0.237 bits per heavy atom. The van der Waals surface area contributed by atoms with Crippen LogP contribution in [0, 0.1) is 0 Å². The Morgan fingerprint density at radius 1 is 0.237 bits per heavy atom. The van der Waals surface area contributed by atoms with E-state index < -0.39 is 0 Å². The van der Waals surface area contributed by atoms with Crippen LogP contribution in [-0.2, 0) is 34.1 Å². The molecule has 0 rings (SSSR count). The van der Waals surface area contributed by atoms with E-state index in [0.29, 0.717) is 0 Å². The fourth-order valence-electron chi connectivity index (χ4n) is 0. The van der Waals surface area contributed by atoms with E-state index in [2.05, 4.69) is 189 Å². The maximum Gasteiger partial charge on any atom is 0.160 e. The molecule has 246 valence electrons. The fourth-order valence-corrected chi connectivity index (χ4v) is 0. The van der Waals surface area contributed by atoms with E-state index in [1.165, 1.54) is 0 Å². The number of halogens is 2. The molecule has 0 fully saturated rings. The van der Waals surface area contributed by atoms with Crippen LogP contribution in [0.4, 0.5) is 0 Å². The largest absolute Gasteiger partial charge is 0.412 e. The van der Waals surface area contributed by atoms with Gasteiger partial charge in [-0.05, 0) is 97.7 Å². The molecule has 36 N–H and O–H groups in total. The van der Waals surface area contributed by atoms with Gasteiger partial charge in [0.15, 0.2) is 40.9 Å². The summed E-state index contributed by atoms with van der Waals surface area (Å²) in [6.07, 6.45) is 0. The van der Waals surface area contributed by atoms with E-state index in [0.717, 1.165) is 0 Å². The first-order valence-electron chi connectivity index (χ1n) is 6.25. The number of nitrogens with two attached hydrogens (primary N) is 16. The van der Waals surface area contributed by atoms with Crippen molar-refractivity contribution in [3.8, 4) is 0 Å². The van der Waals surface area contributed by atoms with Crippen molar-refractivity contribution in [2.45, 2.75) is 0 Å². The van der Waals surface area contributed by atoms with Crippen molar-refractivity contribution in [2.24, 2.45) is 91.7 Å². The monoisotopic (exact) mass is 842 g/mol. The standard InChI is InChI=1S/8CH4N2S.2ClH.2Cu.2H2O/c8*2-1(3)4;;;;;;/h8*(H4,2,3,4);2*1H;;;2*1H2. The van der Waals surface area contributed by atoms with Crippen molar-refractivity contribution >= 4 is 163 Å². The zero-order valence-electron chi connectivity index (χ0n) is 18.9. The van der Waals surface area contributed by atoms with Gasteiger partial charge in [0.2, 0.25) is 0 Å². The molecule has 30 heteroatoms. The van der Waals surface area contributed by atoms with Gasteiger partial charge in [-0.15, -0.1) is 24.8 Å². The molecule has 0 amide bonds. The third-order valence-electron chi connectivity index (χ3n) is 0. The molecule has 0 aromatic rings. The Morgan fingerprint density at radius 3 is 0.237 bits per heavy atom. The quantitative estimate of drug-likeness (QED) is 0.0795. The van der Waals surface area contributed by atoms with Crippen LogP contribution in [-0.4, -0.2) is 51.9 Å². The second-order valence-electron chi connectivity index (χ2n) is 3.22. The van der Waals surface area contributed by atoms with E-state index in [1.54, 1.807) is 0 Å². The van der Waals surface area contributed by atoms with E-state index in [9.17, 15) is 0 Å². The van der Waals surface area contributed by atoms with Gasteiger partial charge < -0.3 is 103 Å². The first-order chi connectivity index (χ1) is 13.9. The molecule has 0 bridgehead atoms. The van der Waals surface area contributed by atoms with Crippen molar-refractivity contribution < 1.29 is 45.1 Å². The number of rotatable bonds is 0. The molecule has 0 aliphatic carbocycles. The molecule has 2 radical (unpaired) electrons. The molecule has 0 heterocycles. The Balaban J connectivity index is -0.0000000141. The first-order valence-corrected chi connectivity index (χ1v) is 9.52. The van der Waals surface area contributed by atoms with E-state index in [1.807, 2.05) is 0 Å². The minimum absolute atomic E-state index is 0. The Hall–Kier alpha value is -0.941. The molecule has 0 aromatic carbocycles. The van der Waals surface area contributed by atoms with Crippen LogP contribution in [0.15, 0.2) is 0 Å².